The summed E-state index contributed by atoms with van der Waals surface area (Å²) < 4.78 is 16.1. The molecule has 2 aromatic rings. The lowest BCUT2D eigenvalue weighted by atomic mass is 9.89. The Labute approximate surface area is 184 Å². The quantitative estimate of drug-likeness (QED) is 0.482. The van der Waals surface area contributed by atoms with Crippen molar-refractivity contribution in [1.29, 1.82) is 5.26 Å². The number of methoxy groups -OCH3 is 1. The number of aromatic nitrogens is 2. The van der Waals surface area contributed by atoms with Gasteiger partial charge in [0.25, 0.3) is 0 Å². The molecule has 0 unspecified atom stereocenters. The van der Waals surface area contributed by atoms with E-state index in [1.54, 1.807) is 24.3 Å². The maximum Gasteiger partial charge on any atom is 0.358 e. The van der Waals surface area contributed by atoms with Crippen molar-refractivity contribution in [1.82, 2.24) is 9.97 Å². The number of carbonyl (C=O) groups is 3. The predicted molar refractivity (Wildman–Crippen MR) is 109 cm³/mol. The standard InChI is InChI=1S/C22H23N3O7/c1-12-4-6-14(7-5-12)19(28)22(11-26)10-16(31-13(2)27)18(32-22)20-24-15(8-9-23)17(25-20)21(29)30-3/h4-7,16,18,26H,8,10-11H2,1-3H3,(H,24,25)/t16-,18-,22+/m1/s1. The number of rotatable bonds is 7. The molecule has 1 aromatic heterocycles. The van der Waals surface area contributed by atoms with Crippen LogP contribution in [0, 0.1) is 18.3 Å². The molecule has 0 bridgehead atoms. The zero-order valence-electron chi connectivity index (χ0n) is 17.9. The Morgan fingerprint density at radius 3 is 2.59 bits per heavy atom. The summed E-state index contributed by atoms with van der Waals surface area (Å²) in [6, 6.07) is 8.70. The lowest BCUT2D eigenvalue weighted by molar-refractivity contribution is -0.149. The van der Waals surface area contributed by atoms with E-state index >= 15 is 0 Å². The van der Waals surface area contributed by atoms with Crippen LogP contribution in [-0.4, -0.2) is 58.2 Å². The molecule has 1 aliphatic rings. The summed E-state index contributed by atoms with van der Waals surface area (Å²) in [5.41, 5.74) is -0.315. The highest BCUT2D eigenvalue weighted by atomic mass is 16.6. The van der Waals surface area contributed by atoms with Gasteiger partial charge in [-0.2, -0.15) is 5.26 Å². The van der Waals surface area contributed by atoms with Crippen LogP contribution >= 0.6 is 0 Å². The summed E-state index contributed by atoms with van der Waals surface area (Å²) in [6.07, 6.45) is -2.34. The van der Waals surface area contributed by atoms with Crippen LogP contribution in [-0.2, 0) is 25.4 Å². The van der Waals surface area contributed by atoms with Gasteiger partial charge in [-0.25, -0.2) is 9.78 Å². The average molecular weight is 441 g/mol. The molecule has 1 aromatic carbocycles. The highest BCUT2D eigenvalue weighted by molar-refractivity contribution is 6.03. The minimum absolute atomic E-state index is 0.0777. The second-order valence-corrected chi connectivity index (χ2v) is 7.51. The Morgan fingerprint density at radius 1 is 1.34 bits per heavy atom. The largest absolute Gasteiger partial charge is 0.464 e. The Morgan fingerprint density at radius 2 is 2.03 bits per heavy atom. The molecule has 1 fully saturated rings. The monoisotopic (exact) mass is 441 g/mol. The zero-order valence-corrected chi connectivity index (χ0v) is 17.9. The number of hydrogen-bond donors (Lipinski definition) is 2. The highest BCUT2D eigenvalue weighted by Gasteiger charge is 2.54. The van der Waals surface area contributed by atoms with E-state index in [4.69, 9.17) is 19.5 Å². The number of aliphatic hydroxyl groups is 1. The summed E-state index contributed by atoms with van der Waals surface area (Å²) in [6.45, 7) is 2.42. The first-order valence-corrected chi connectivity index (χ1v) is 9.86. The number of H-pyrrole nitrogens is 1. The molecule has 0 radical (unpaired) electrons. The number of aliphatic hydroxyl groups excluding tert-OH is 1. The van der Waals surface area contributed by atoms with Gasteiger partial charge in [-0.15, -0.1) is 0 Å². The third kappa shape index (κ3) is 4.39. The van der Waals surface area contributed by atoms with Gasteiger partial charge in [0, 0.05) is 18.9 Å². The van der Waals surface area contributed by atoms with Gasteiger partial charge in [0.15, 0.2) is 23.2 Å². The van der Waals surface area contributed by atoms with Crippen molar-refractivity contribution in [3.05, 3.63) is 52.6 Å². The summed E-state index contributed by atoms with van der Waals surface area (Å²) >= 11 is 0. The first kappa shape index (κ1) is 23.1. The molecule has 2 N–H and O–H groups in total. The van der Waals surface area contributed by atoms with E-state index in [2.05, 4.69) is 9.97 Å². The van der Waals surface area contributed by atoms with E-state index in [9.17, 15) is 19.5 Å². The topological polar surface area (TPSA) is 152 Å². The zero-order chi connectivity index (χ0) is 23.5. The fraction of sp³-hybridized carbons (Fsp3) is 0.409. The Balaban J connectivity index is 2.02. The molecule has 10 nitrogen and oxygen atoms in total. The predicted octanol–water partition coefficient (Wildman–Crippen LogP) is 1.58. The van der Waals surface area contributed by atoms with Gasteiger partial charge in [0.1, 0.15) is 11.9 Å². The van der Waals surface area contributed by atoms with Crippen LogP contribution in [0.1, 0.15) is 57.4 Å². The third-order valence-electron chi connectivity index (χ3n) is 5.22. The minimum Gasteiger partial charge on any atom is -0.464 e. The van der Waals surface area contributed by atoms with Gasteiger partial charge in [-0.1, -0.05) is 29.8 Å². The second kappa shape index (κ2) is 9.30. The molecule has 1 saturated heterocycles. The number of esters is 2. The number of hydrogen-bond acceptors (Lipinski definition) is 9. The van der Waals surface area contributed by atoms with Crippen molar-refractivity contribution in [2.75, 3.05) is 13.7 Å². The lowest BCUT2D eigenvalue weighted by Gasteiger charge is -2.25. The Hall–Kier alpha value is -3.55. The highest BCUT2D eigenvalue weighted by Crippen LogP contribution is 2.42. The SMILES string of the molecule is COC(=O)c1nc([C@@H]2O[C@@](CO)(C(=O)c3ccc(C)cc3)C[C@H]2OC(C)=O)[nH]c1CC#N. The van der Waals surface area contributed by atoms with Gasteiger partial charge in [0.2, 0.25) is 0 Å². The van der Waals surface area contributed by atoms with E-state index in [0.29, 0.717) is 5.56 Å². The summed E-state index contributed by atoms with van der Waals surface area (Å²) in [4.78, 5) is 44.1. The van der Waals surface area contributed by atoms with Gasteiger partial charge in [0.05, 0.1) is 31.9 Å². The van der Waals surface area contributed by atoms with Crippen LogP contribution in [0.2, 0.25) is 0 Å². The molecule has 0 amide bonds. The fourth-order valence-electron chi connectivity index (χ4n) is 3.67. The van der Waals surface area contributed by atoms with Gasteiger partial charge >= 0.3 is 11.9 Å². The number of imidazole rings is 1. The van der Waals surface area contributed by atoms with Crippen LogP contribution in [0.25, 0.3) is 0 Å². The van der Waals surface area contributed by atoms with E-state index in [-0.39, 0.29) is 30.1 Å². The van der Waals surface area contributed by atoms with Crippen molar-refractivity contribution in [2.45, 2.75) is 44.5 Å². The van der Waals surface area contributed by atoms with E-state index in [0.717, 1.165) is 5.56 Å². The smallest absolute Gasteiger partial charge is 0.358 e. The summed E-state index contributed by atoms with van der Waals surface area (Å²) in [5.74, 6) is -1.77. The van der Waals surface area contributed by atoms with Gasteiger partial charge in [-0.3, -0.25) is 9.59 Å². The first-order chi connectivity index (χ1) is 15.2. The van der Waals surface area contributed by atoms with E-state index in [1.165, 1.54) is 14.0 Å². The molecule has 0 saturated carbocycles. The molecule has 1 aliphatic heterocycles. The Bertz CT molecular complexity index is 1070. The Kier molecular flexibility index (Phi) is 6.72. The number of nitriles is 1. The summed E-state index contributed by atoms with van der Waals surface area (Å²) in [5, 5.41) is 19.2. The van der Waals surface area contributed by atoms with Crippen LogP contribution < -0.4 is 0 Å². The molecule has 32 heavy (non-hydrogen) atoms. The van der Waals surface area contributed by atoms with E-state index < -0.39 is 42.1 Å². The van der Waals surface area contributed by atoms with Crippen molar-refractivity contribution >= 4 is 17.7 Å². The molecular formula is C22H23N3O7. The molecular weight excluding hydrogens is 418 g/mol. The van der Waals surface area contributed by atoms with Gasteiger partial charge < -0.3 is 24.3 Å². The normalized spacial score (nSPS) is 22.2. The van der Waals surface area contributed by atoms with Crippen molar-refractivity contribution < 1.29 is 33.7 Å². The average Bonchev–Trinajstić information content (AvgIpc) is 3.35. The third-order valence-corrected chi connectivity index (χ3v) is 5.22. The number of carbonyl (C=O) groups excluding carboxylic acids is 3. The maximum atomic E-state index is 13.3. The molecule has 10 heteroatoms. The van der Waals surface area contributed by atoms with Crippen molar-refractivity contribution in [3.63, 3.8) is 0 Å². The number of nitrogens with one attached hydrogen (secondary N) is 1. The number of ether oxygens (including phenoxy) is 3. The van der Waals surface area contributed by atoms with Crippen molar-refractivity contribution in [3.8, 4) is 6.07 Å². The number of aromatic amines is 1. The molecule has 2 heterocycles. The minimum atomic E-state index is -1.69. The number of ketones is 1. The fourth-order valence-corrected chi connectivity index (χ4v) is 3.67. The molecule has 3 rings (SSSR count). The van der Waals surface area contributed by atoms with Crippen LogP contribution in [0.3, 0.4) is 0 Å². The summed E-state index contributed by atoms with van der Waals surface area (Å²) in [7, 11) is 1.18. The van der Waals surface area contributed by atoms with Crippen LogP contribution in [0.4, 0.5) is 0 Å². The molecule has 168 valence electrons. The van der Waals surface area contributed by atoms with Gasteiger partial charge in [-0.05, 0) is 6.92 Å². The number of Topliss-reactive ketones (excluding diaryl/α,β-unsaturated/α-hetero) is 1. The van der Waals surface area contributed by atoms with Crippen molar-refractivity contribution in [2.24, 2.45) is 0 Å². The van der Waals surface area contributed by atoms with Crippen LogP contribution in [0.5, 0.6) is 0 Å². The molecule has 0 spiro atoms. The number of aryl methyl sites for hydroxylation is 1. The maximum absolute atomic E-state index is 13.3. The second-order valence-electron chi connectivity index (χ2n) is 7.51. The van der Waals surface area contributed by atoms with E-state index in [1.807, 2.05) is 13.0 Å². The lowest BCUT2D eigenvalue weighted by Crippen LogP contribution is -2.42. The first-order valence-electron chi connectivity index (χ1n) is 9.86. The van der Waals surface area contributed by atoms with Crippen LogP contribution in [0.15, 0.2) is 24.3 Å². The molecule has 0 aliphatic carbocycles. The number of benzene rings is 1. The molecule has 3 atom stereocenters. The number of nitrogens with zero attached hydrogens (tertiary/aromatic N) is 2.